The van der Waals surface area contributed by atoms with E-state index in [0.717, 1.165) is 23.7 Å². The van der Waals surface area contributed by atoms with Crippen molar-refractivity contribution in [1.29, 1.82) is 0 Å². The zero-order valence-electron chi connectivity index (χ0n) is 11.7. The first-order chi connectivity index (χ1) is 9.69. The van der Waals surface area contributed by atoms with Gasteiger partial charge in [-0.3, -0.25) is 4.79 Å². The van der Waals surface area contributed by atoms with Gasteiger partial charge in [-0.25, -0.2) is 0 Å². The first kappa shape index (κ1) is 15.5. The Morgan fingerprint density at radius 3 is 3.10 bits per heavy atom. The van der Waals surface area contributed by atoms with E-state index in [4.69, 9.17) is 4.74 Å². The number of hydrogen-bond donors (Lipinski definition) is 2. The summed E-state index contributed by atoms with van der Waals surface area (Å²) in [5.41, 5.74) is 2.80. The minimum absolute atomic E-state index is 0.0312. The van der Waals surface area contributed by atoms with Crippen molar-refractivity contribution < 1.29 is 9.53 Å². The van der Waals surface area contributed by atoms with Crippen LogP contribution in [0.3, 0.4) is 0 Å². The van der Waals surface area contributed by atoms with E-state index in [1.807, 2.05) is 0 Å². The Bertz CT molecular complexity index is 465. The number of rotatable bonds is 6. The number of carbonyl (C=O) groups is 1. The first-order valence-corrected chi connectivity index (χ1v) is 7.74. The predicted molar refractivity (Wildman–Crippen MR) is 82.8 cm³/mol. The smallest absolute Gasteiger partial charge is 0.234 e. The molecule has 2 N–H and O–H groups in total. The average molecular weight is 341 g/mol. The molecule has 1 aromatic rings. The maximum Gasteiger partial charge on any atom is 0.234 e. The number of nitrogens with one attached hydrogen (secondary N) is 2. The summed E-state index contributed by atoms with van der Waals surface area (Å²) in [4.78, 5) is 11.6. The van der Waals surface area contributed by atoms with Gasteiger partial charge in [-0.1, -0.05) is 22.0 Å². The SMILES string of the molecule is COCCNC(=O)CNC1CCc2cc(Br)ccc2C1. The summed E-state index contributed by atoms with van der Waals surface area (Å²) in [6.07, 6.45) is 3.14. The summed E-state index contributed by atoms with van der Waals surface area (Å²) in [7, 11) is 1.63. The molecular formula is C15H21BrN2O2. The highest BCUT2D eigenvalue weighted by molar-refractivity contribution is 9.10. The van der Waals surface area contributed by atoms with Crippen molar-refractivity contribution >= 4 is 21.8 Å². The first-order valence-electron chi connectivity index (χ1n) is 6.95. The number of aryl methyl sites for hydroxylation is 1. The molecule has 5 heteroatoms. The minimum Gasteiger partial charge on any atom is -0.383 e. The number of halogens is 1. The van der Waals surface area contributed by atoms with Crippen LogP contribution in [-0.2, 0) is 22.4 Å². The molecule has 1 atom stereocenters. The second kappa shape index (κ2) is 7.76. The van der Waals surface area contributed by atoms with Crippen molar-refractivity contribution in [3.8, 4) is 0 Å². The molecule has 1 amide bonds. The lowest BCUT2D eigenvalue weighted by molar-refractivity contribution is -0.120. The van der Waals surface area contributed by atoms with Gasteiger partial charge in [-0.15, -0.1) is 0 Å². The van der Waals surface area contributed by atoms with Gasteiger partial charge in [0.1, 0.15) is 0 Å². The zero-order chi connectivity index (χ0) is 14.4. The third-order valence-electron chi connectivity index (χ3n) is 3.58. The molecule has 0 aromatic heterocycles. The third kappa shape index (κ3) is 4.58. The van der Waals surface area contributed by atoms with Gasteiger partial charge in [-0.2, -0.15) is 0 Å². The van der Waals surface area contributed by atoms with Crippen LogP contribution in [0.25, 0.3) is 0 Å². The van der Waals surface area contributed by atoms with Crippen molar-refractivity contribution in [1.82, 2.24) is 10.6 Å². The fraction of sp³-hybridized carbons (Fsp3) is 0.533. The molecule has 0 spiro atoms. The van der Waals surface area contributed by atoms with E-state index in [-0.39, 0.29) is 5.91 Å². The molecule has 0 saturated carbocycles. The topological polar surface area (TPSA) is 50.4 Å². The van der Waals surface area contributed by atoms with E-state index in [1.165, 1.54) is 11.1 Å². The third-order valence-corrected chi connectivity index (χ3v) is 4.07. The molecule has 1 aromatic carbocycles. The van der Waals surface area contributed by atoms with Crippen LogP contribution in [0.4, 0.5) is 0 Å². The average Bonchev–Trinajstić information content (AvgIpc) is 2.45. The quantitative estimate of drug-likeness (QED) is 0.774. The summed E-state index contributed by atoms with van der Waals surface area (Å²) in [5, 5.41) is 6.16. The van der Waals surface area contributed by atoms with Gasteiger partial charge < -0.3 is 15.4 Å². The molecule has 20 heavy (non-hydrogen) atoms. The van der Waals surface area contributed by atoms with Gasteiger partial charge in [-0.05, 0) is 42.5 Å². The maximum absolute atomic E-state index is 11.6. The van der Waals surface area contributed by atoms with Crippen LogP contribution in [0.1, 0.15) is 17.5 Å². The zero-order valence-corrected chi connectivity index (χ0v) is 13.3. The molecule has 110 valence electrons. The van der Waals surface area contributed by atoms with E-state index in [2.05, 4.69) is 44.8 Å². The predicted octanol–water partition coefficient (Wildman–Crippen LogP) is 1.66. The van der Waals surface area contributed by atoms with Crippen LogP contribution in [0.15, 0.2) is 22.7 Å². The Labute approximate surface area is 128 Å². The van der Waals surface area contributed by atoms with Gasteiger partial charge in [0.05, 0.1) is 13.2 Å². The lowest BCUT2D eigenvalue weighted by Crippen LogP contribution is -2.42. The molecular weight excluding hydrogens is 320 g/mol. The molecule has 0 aliphatic heterocycles. The number of methoxy groups -OCH3 is 1. The van der Waals surface area contributed by atoms with Gasteiger partial charge >= 0.3 is 0 Å². The largest absolute Gasteiger partial charge is 0.383 e. The van der Waals surface area contributed by atoms with Gasteiger partial charge in [0.15, 0.2) is 0 Å². The van der Waals surface area contributed by atoms with Gasteiger partial charge in [0.25, 0.3) is 0 Å². The monoisotopic (exact) mass is 340 g/mol. The van der Waals surface area contributed by atoms with Crippen LogP contribution in [0.2, 0.25) is 0 Å². The van der Waals surface area contributed by atoms with Crippen molar-refractivity contribution in [3.63, 3.8) is 0 Å². The molecule has 0 heterocycles. The Morgan fingerprint density at radius 1 is 1.45 bits per heavy atom. The number of carbonyl (C=O) groups excluding carboxylic acids is 1. The van der Waals surface area contributed by atoms with Crippen LogP contribution in [0, 0.1) is 0 Å². The Kier molecular flexibility index (Phi) is 6.01. The van der Waals surface area contributed by atoms with Crippen molar-refractivity contribution in [2.75, 3.05) is 26.8 Å². The molecule has 1 aliphatic carbocycles. The highest BCUT2D eigenvalue weighted by Crippen LogP contribution is 2.24. The Morgan fingerprint density at radius 2 is 2.30 bits per heavy atom. The number of amides is 1. The van der Waals surface area contributed by atoms with Crippen molar-refractivity contribution in [2.45, 2.75) is 25.3 Å². The van der Waals surface area contributed by atoms with Crippen LogP contribution in [-0.4, -0.2) is 38.8 Å². The van der Waals surface area contributed by atoms with Crippen LogP contribution < -0.4 is 10.6 Å². The molecule has 1 unspecified atom stereocenters. The number of hydrogen-bond acceptors (Lipinski definition) is 3. The van der Waals surface area contributed by atoms with Crippen molar-refractivity contribution in [2.24, 2.45) is 0 Å². The number of benzene rings is 1. The molecule has 0 saturated heterocycles. The standard InChI is InChI=1S/C15H21BrN2O2/c1-20-7-6-17-15(19)10-18-14-5-3-11-8-13(16)4-2-12(11)9-14/h2,4,8,14,18H,3,5-7,9-10H2,1H3,(H,17,19). The summed E-state index contributed by atoms with van der Waals surface area (Å²) < 4.78 is 6.04. The van der Waals surface area contributed by atoms with Crippen LogP contribution in [0.5, 0.6) is 0 Å². The van der Waals surface area contributed by atoms with E-state index in [9.17, 15) is 4.79 Å². The second-order valence-electron chi connectivity index (χ2n) is 5.08. The second-order valence-corrected chi connectivity index (χ2v) is 5.99. The number of fused-ring (bicyclic) bond motifs is 1. The summed E-state index contributed by atoms with van der Waals surface area (Å²) in [5.74, 6) is 0.0312. The van der Waals surface area contributed by atoms with Gasteiger partial charge in [0.2, 0.25) is 5.91 Å². The fourth-order valence-corrected chi connectivity index (χ4v) is 2.90. The Balaban J connectivity index is 1.76. The summed E-state index contributed by atoms with van der Waals surface area (Å²) in [6.45, 7) is 1.50. The van der Waals surface area contributed by atoms with E-state index < -0.39 is 0 Å². The summed E-state index contributed by atoms with van der Waals surface area (Å²) >= 11 is 3.51. The summed E-state index contributed by atoms with van der Waals surface area (Å²) in [6, 6.07) is 6.84. The van der Waals surface area contributed by atoms with E-state index in [1.54, 1.807) is 7.11 Å². The fourth-order valence-electron chi connectivity index (χ4n) is 2.49. The van der Waals surface area contributed by atoms with Crippen LogP contribution >= 0.6 is 15.9 Å². The van der Waals surface area contributed by atoms with Crippen molar-refractivity contribution in [3.05, 3.63) is 33.8 Å². The Hall–Kier alpha value is -0.910. The molecule has 0 bridgehead atoms. The highest BCUT2D eigenvalue weighted by atomic mass is 79.9. The number of ether oxygens (including phenoxy) is 1. The maximum atomic E-state index is 11.6. The molecule has 1 aliphatic rings. The molecule has 2 rings (SSSR count). The van der Waals surface area contributed by atoms with E-state index in [0.29, 0.717) is 25.7 Å². The van der Waals surface area contributed by atoms with E-state index >= 15 is 0 Å². The van der Waals surface area contributed by atoms with Gasteiger partial charge in [0, 0.05) is 24.2 Å². The highest BCUT2D eigenvalue weighted by Gasteiger charge is 2.18. The lowest BCUT2D eigenvalue weighted by Gasteiger charge is -2.25. The molecule has 0 radical (unpaired) electrons. The lowest BCUT2D eigenvalue weighted by atomic mass is 9.88. The minimum atomic E-state index is 0.0312. The normalized spacial score (nSPS) is 17.6. The molecule has 0 fully saturated rings. The molecule has 4 nitrogen and oxygen atoms in total.